The maximum atomic E-state index is 6.24. The van der Waals surface area contributed by atoms with Crippen LogP contribution in [0, 0.1) is 0 Å². The quantitative estimate of drug-likeness (QED) is 0.698. The number of methoxy groups -OCH3 is 1. The third-order valence-corrected chi connectivity index (χ3v) is 3.93. The summed E-state index contributed by atoms with van der Waals surface area (Å²) in [7, 11) is 3.49. The Labute approximate surface area is 151 Å². The summed E-state index contributed by atoms with van der Waals surface area (Å²) in [5.41, 5.74) is 1.87. The number of halogens is 1. The van der Waals surface area contributed by atoms with Crippen LogP contribution in [0.15, 0.2) is 42.9 Å². The van der Waals surface area contributed by atoms with Crippen LogP contribution in [0.1, 0.15) is 18.5 Å². The first-order valence-electron chi connectivity index (χ1n) is 7.74. The Bertz CT molecular complexity index is 866. The molecule has 1 unspecified atom stereocenters. The molecule has 0 aliphatic heterocycles. The molecule has 2 aromatic heterocycles. The molecule has 0 radical (unpaired) electrons. The van der Waals surface area contributed by atoms with Crippen LogP contribution in [0.5, 0.6) is 5.75 Å². The highest BCUT2D eigenvalue weighted by Crippen LogP contribution is 2.27. The normalized spacial score (nSPS) is 11.8. The first kappa shape index (κ1) is 17.0. The molecule has 8 heteroatoms. The Morgan fingerprint density at radius 3 is 2.84 bits per heavy atom. The van der Waals surface area contributed by atoms with Gasteiger partial charge in [0.25, 0.3) is 0 Å². The summed E-state index contributed by atoms with van der Waals surface area (Å²) in [5, 5.41) is 11.0. The maximum absolute atomic E-state index is 6.24. The number of nitrogens with zero attached hydrogens (tertiary/aromatic N) is 4. The highest BCUT2D eigenvalue weighted by molar-refractivity contribution is 6.32. The first-order valence-corrected chi connectivity index (χ1v) is 8.11. The molecule has 0 fully saturated rings. The van der Waals surface area contributed by atoms with Gasteiger partial charge in [-0.1, -0.05) is 23.7 Å². The minimum atomic E-state index is -0.00579. The molecule has 0 spiro atoms. The van der Waals surface area contributed by atoms with Crippen LogP contribution in [0.3, 0.4) is 0 Å². The summed E-state index contributed by atoms with van der Waals surface area (Å²) in [6, 6.07) is 7.84. The summed E-state index contributed by atoms with van der Waals surface area (Å²) in [6.45, 7) is 2.03. The number of hydrogen-bond donors (Lipinski definition) is 2. The molecule has 1 atom stereocenters. The van der Waals surface area contributed by atoms with E-state index in [9.17, 15) is 0 Å². The Balaban J connectivity index is 1.77. The molecule has 0 amide bonds. The van der Waals surface area contributed by atoms with E-state index < -0.39 is 0 Å². The molecule has 3 rings (SSSR count). The van der Waals surface area contributed by atoms with Gasteiger partial charge in [0.2, 0.25) is 5.95 Å². The van der Waals surface area contributed by atoms with E-state index in [0.717, 1.165) is 17.0 Å². The van der Waals surface area contributed by atoms with Gasteiger partial charge in [-0.05, 0) is 24.6 Å². The van der Waals surface area contributed by atoms with Crippen molar-refractivity contribution in [2.45, 2.75) is 13.0 Å². The van der Waals surface area contributed by atoms with Gasteiger partial charge in [-0.2, -0.15) is 10.1 Å². The van der Waals surface area contributed by atoms with Crippen molar-refractivity contribution >= 4 is 29.1 Å². The van der Waals surface area contributed by atoms with Gasteiger partial charge in [-0.3, -0.25) is 4.68 Å². The second-order valence-corrected chi connectivity index (χ2v) is 5.97. The lowest BCUT2D eigenvalue weighted by atomic mass is 10.1. The molecule has 0 bridgehead atoms. The van der Waals surface area contributed by atoms with E-state index in [-0.39, 0.29) is 6.04 Å². The summed E-state index contributed by atoms with van der Waals surface area (Å²) < 4.78 is 6.97. The summed E-state index contributed by atoms with van der Waals surface area (Å²) in [6.07, 6.45) is 5.10. The average Bonchev–Trinajstić information content (AvgIpc) is 3.02. The molecule has 1 aromatic carbocycles. The largest absolute Gasteiger partial charge is 0.497 e. The molecule has 3 aromatic rings. The highest BCUT2D eigenvalue weighted by atomic mass is 35.5. The van der Waals surface area contributed by atoms with Crippen molar-refractivity contribution in [1.82, 2.24) is 19.7 Å². The Morgan fingerprint density at radius 1 is 1.28 bits per heavy atom. The zero-order valence-electron chi connectivity index (χ0n) is 14.2. The standard InChI is InChI=1S/C17H19ClN6O/c1-11(12-5-4-6-14(7-12)25-3)21-16-15(18)9-19-17(23-16)22-13-8-20-24(2)10-13/h4-11H,1-3H3,(H2,19,21,22,23). The third kappa shape index (κ3) is 4.19. The molecule has 0 saturated heterocycles. The SMILES string of the molecule is COc1cccc(C(C)Nc2nc(Nc3cnn(C)c3)ncc2Cl)c1. The highest BCUT2D eigenvalue weighted by Gasteiger charge is 2.12. The molecule has 0 aliphatic rings. The minimum absolute atomic E-state index is 0.00579. The minimum Gasteiger partial charge on any atom is -0.497 e. The smallest absolute Gasteiger partial charge is 0.229 e. The van der Waals surface area contributed by atoms with Crippen LogP contribution in [0.4, 0.5) is 17.5 Å². The molecule has 7 nitrogen and oxygen atoms in total. The number of aryl methyl sites for hydroxylation is 1. The van der Waals surface area contributed by atoms with Gasteiger partial charge in [-0.15, -0.1) is 0 Å². The number of aromatic nitrogens is 4. The van der Waals surface area contributed by atoms with E-state index in [0.29, 0.717) is 16.8 Å². The van der Waals surface area contributed by atoms with Gasteiger partial charge in [0.1, 0.15) is 10.8 Å². The Morgan fingerprint density at radius 2 is 2.12 bits per heavy atom. The van der Waals surface area contributed by atoms with E-state index in [2.05, 4.69) is 25.7 Å². The van der Waals surface area contributed by atoms with Crippen molar-refractivity contribution in [1.29, 1.82) is 0 Å². The van der Waals surface area contributed by atoms with E-state index >= 15 is 0 Å². The van der Waals surface area contributed by atoms with Crippen molar-refractivity contribution in [2.75, 3.05) is 17.7 Å². The Kier molecular flexibility index (Phi) is 5.04. The lowest BCUT2D eigenvalue weighted by molar-refractivity contribution is 0.414. The summed E-state index contributed by atoms with van der Waals surface area (Å²) >= 11 is 6.24. The van der Waals surface area contributed by atoms with Gasteiger partial charge in [0.05, 0.1) is 31.2 Å². The molecule has 0 saturated carbocycles. The zero-order chi connectivity index (χ0) is 17.8. The fourth-order valence-corrected chi connectivity index (χ4v) is 2.49. The average molecular weight is 359 g/mol. The van der Waals surface area contributed by atoms with Crippen LogP contribution < -0.4 is 15.4 Å². The van der Waals surface area contributed by atoms with Crippen LogP contribution >= 0.6 is 11.6 Å². The van der Waals surface area contributed by atoms with E-state index in [1.165, 1.54) is 0 Å². The van der Waals surface area contributed by atoms with E-state index in [4.69, 9.17) is 16.3 Å². The predicted molar refractivity (Wildman–Crippen MR) is 98.6 cm³/mol. The number of rotatable bonds is 6. The molecule has 2 N–H and O–H groups in total. The first-order chi connectivity index (χ1) is 12.0. The van der Waals surface area contributed by atoms with Gasteiger partial charge < -0.3 is 15.4 Å². The van der Waals surface area contributed by atoms with Crippen molar-refractivity contribution in [3.8, 4) is 5.75 Å². The van der Waals surface area contributed by atoms with E-state index in [1.807, 2.05) is 44.4 Å². The number of ether oxygens (including phenoxy) is 1. The van der Waals surface area contributed by atoms with Gasteiger partial charge in [0.15, 0.2) is 5.82 Å². The number of hydrogen-bond acceptors (Lipinski definition) is 6. The number of benzene rings is 1. The topological polar surface area (TPSA) is 76.9 Å². The third-order valence-electron chi connectivity index (χ3n) is 3.65. The predicted octanol–water partition coefficient (Wildman–Crippen LogP) is 3.79. The Hall–Kier alpha value is -2.80. The molecule has 0 aliphatic carbocycles. The number of nitrogens with one attached hydrogen (secondary N) is 2. The van der Waals surface area contributed by atoms with Crippen LogP contribution in [-0.4, -0.2) is 26.9 Å². The molecule has 2 heterocycles. The molecule has 130 valence electrons. The molecule has 25 heavy (non-hydrogen) atoms. The van der Waals surface area contributed by atoms with Crippen LogP contribution in [0.25, 0.3) is 0 Å². The second-order valence-electron chi connectivity index (χ2n) is 5.56. The molecular formula is C17H19ClN6O. The lowest BCUT2D eigenvalue weighted by Gasteiger charge is -2.17. The van der Waals surface area contributed by atoms with E-state index in [1.54, 1.807) is 24.2 Å². The van der Waals surface area contributed by atoms with Crippen molar-refractivity contribution in [3.05, 3.63) is 53.4 Å². The lowest BCUT2D eigenvalue weighted by Crippen LogP contribution is -2.10. The fraction of sp³-hybridized carbons (Fsp3) is 0.235. The zero-order valence-corrected chi connectivity index (χ0v) is 14.9. The monoisotopic (exact) mass is 358 g/mol. The van der Waals surface area contributed by atoms with Gasteiger partial charge in [0, 0.05) is 13.2 Å². The summed E-state index contributed by atoms with van der Waals surface area (Å²) in [4.78, 5) is 8.65. The number of anilines is 3. The van der Waals surface area contributed by atoms with Crippen LogP contribution in [0.2, 0.25) is 5.02 Å². The van der Waals surface area contributed by atoms with Gasteiger partial charge in [-0.25, -0.2) is 4.98 Å². The van der Waals surface area contributed by atoms with Crippen LogP contribution in [-0.2, 0) is 7.05 Å². The van der Waals surface area contributed by atoms with Gasteiger partial charge >= 0.3 is 0 Å². The molecular weight excluding hydrogens is 340 g/mol. The fourth-order valence-electron chi connectivity index (χ4n) is 2.34. The second kappa shape index (κ2) is 7.40. The summed E-state index contributed by atoms with van der Waals surface area (Å²) in [5.74, 6) is 1.80. The van der Waals surface area contributed by atoms with Crippen molar-refractivity contribution < 1.29 is 4.74 Å². The van der Waals surface area contributed by atoms with Crippen molar-refractivity contribution in [3.63, 3.8) is 0 Å². The maximum Gasteiger partial charge on any atom is 0.229 e. The van der Waals surface area contributed by atoms with Crippen molar-refractivity contribution in [2.24, 2.45) is 7.05 Å².